The lowest BCUT2D eigenvalue weighted by Crippen LogP contribution is -2.59. The number of amides is 2. The SMILES string of the molecule is CC(O)([C@H](NC(=O)c1ccc(C#CC#Cc2ccc(N)cc2)cc1)C(=O)NO)n1ccnn1. The summed E-state index contributed by atoms with van der Waals surface area (Å²) in [6.45, 7) is 1.24. The fourth-order valence-electron chi connectivity index (χ4n) is 2.79. The molecule has 0 saturated carbocycles. The Bertz CT molecular complexity index is 1240. The summed E-state index contributed by atoms with van der Waals surface area (Å²) in [5.74, 6) is 9.54. The predicted octanol–water partition coefficient (Wildman–Crippen LogP) is 0.232. The quantitative estimate of drug-likeness (QED) is 0.163. The maximum absolute atomic E-state index is 12.6. The largest absolute Gasteiger partial charge is 0.399 e. The Kier molecular flexibility index (Phi) is 7.06. The number of hydrogen-bond acceptors (Lipinski definition) is 7. The van der Waals surface area contributed by atoms with Crippen molar-refractivity contribution in [3.8, 4) is 23.7 Å². The molecule has 0 aliphatic heterocycles. The summed E-state index contributed by atoms with van der Waals surface area (Å²) in [6.07, 6.45) is 2.61. The molecular weight excluding hydrogens is 424 g/mol. The topological polar surface area (TPSA) is 155 Å². The first kappa shape index (κ1) is 23.0. The van der Waals surface area contributed by atoms with Crippen LogP contribution < -0.4 is 16.5 Å². The zero-order chi connectivity index (χ0) is 23.8. The number of nitrogens with one attached hydrogen (secondary N) is 2. The van der Waals surface area contributed by atoms with E-state index in [9.17, 15) is 14.7 Å². The predicted molar refractivity (Wildman–Crippen MR) is 118 cm³/mol. The molecule has 33 heavy (non-hydrogen) atoms. The fourth-order valence-corrected chi connectivity index (χ4v) is 2.79. The van der Waals surface area contributed by atoms with E-state index in [0.717, 1.165) is 10.2 Å². The van der Waals surface area contributed by atoms with E-state index in [4.69, 9.17) is 10.9 Å². The van der Waals surface area contributed by atoms with Gasteiger partial charge < -0.3 is 16.2 Å². The highest BCUT2D eigenvalue weighted by Gasteiger charge is 2.41. The third-order valence-electron chi connectivity index (χ3n) is 4.61. The first-order valence-electron chi connectivity index (χ1n) is 9.63. The Morgan fingerprint density at radius 3 is 2.15 bits per heavy atom. The second-order valence-electron chi connectivity index (χ2n) is 7.02. The molecule has 1 unspecified atom stereocenters. The molecule has 0 fully saturated rings. The van der Waals surface area contributed by atoms with Crippen molar-refractivity contribution in [2.24, 2.45) is 0 Å². The summed E-state index contributed by atoms with van der Waals surface area (Å²) >= 11 is 0. The van der Waals surface area contributed by atoms with Crippen LogP contribution in [0.25, 0.3) is 0 Å². The second kappa shape index (κ2) is 10.1. The van der Waals surface area contributed by atoms with E-state index in [1.807, 2.05) is 0 Å². The van der Waals surface area contributed by atoms with Gasteiger partial charge in [-0.2, -0.15) is 0 Å². The smallest absolute Gasteiger partial charge is 0.270 e. The van der Waals surface area contributed by atoms with Crippen molar-refractivity contribution in [2.45, 2.75) is 18.7 Å². The lowest BCUT2D eigenvalue weighted by molar-refractivity contribution is -0.145. The van der Waals surface area contributed by atoms with Crippen LogP contribution in [0.3, 0.4) is 0 Å². The number of benzene rings is 2. The monoisotopic (exact) mass is 444 g/mol. The van der Waals surface area contributed by atoms with E-state index in [1.165, 1.54) is 36.9 Å². The highest BCUT2D eigenvalue weighted by Crippen LogP contribution is 2.17. The number of carbonyl (C=O) groups is 2. The molecule has 0 bridgehead atoms. The van der Waals surface area contributed by atoms with Gasteiger partial charge in [0.2, 0.25) is 0 Å². The Morgan fingerprint density at radius 2 is 1.64 bits per heavy atom. The Hall–Kier alpha value is -4.64. The van der Waals surface area contributed by atoms with Crippen LogP contribution in [0.4, 0.5) is 5.69 Å². The lowest BCUT2D eigenvalue weighted by atomic mass is 10.0. The minimum atomic E-state index is -2.01. The molecule has 0 spiro atoms. The average Bonchev–Trinajstić information content (AvgIpc) is 3.37. The van der Waals surface area contributed by atoms with Gasteiger partial charge in [-0.1, -0.05) is 17.1 Å². The molecule has 2 aromatic carbocycles. The van der Waals surface area contributed by atoms with Crippen molar-refractivity contribution in [1.82, 2.24) is 25.8 Å². The van der Waals surface area contributed by atoms with Crippen LogP contribution in [-0.2, 0) is 10.5 Å². The van der Waals surface area contributed by atoms with Crippen molar-refractivity contribution in [3.05, 3.63) is 77.6 Å². The van der Waals surface area contributed by atoms with Gasteiger partial charge in [-0.05, 0) is 67.3 Å². The molecule has 3 aromatic rings. The van der Waals surface area contributed by atoms with E-state index in [1.54, 1.807) is 36.4 Å². The van der Waals surface area contributed by atoms with Gasteiger partial charge in [-0.15, -0.1) is 5.10 Å². The van der Waals surface area contributed by atoms with Crippen LogP contribution in [0, 0.1) is 23.7 Å². The van der Waals surface area contributed by atoms with Gasteiger partial charge in [0.05, 0.1) is 6.20 Å². The molecule has 2 amide bonds. The summed E-state index contributed by atoms with van der Waals surface area (Å²) in [6, 6.07) is 11.8. The van der Waals surface area contributed by atoms with Crippen molar-refractivity contribution < 1.29 is 19.9 Å². The van der Waals surface area contributed by atoms with E-state index in [2.05, 4.69) is 39.3 Å². The molecule has 2 atom stereocenters. The average molecular weight is 444 g/mol. The van der Waals surface area contributed by atoms with E-state index in [0.29, 0.717) is 11.3 Å². The van der Waals surface area contributed by atoms with Gasteiger partial charge in [0, 0.05) is 28.6 Å². The number of hydroxylamine groups is 1. The van der Waals surface area contributed by atoms with Crippen LogP contribution in [0.2, 0.25) is 0 Å². The maximum Gasteiger partial charge on any atom is 0.270 e. The summed E-state index contributed by atoms with van der Waals surface area (Å²) in [7, 11) is 0. The number of aliphatic hydroxyl groups is 1. The zero-order valence-corrected chi connectivity index (χ0v) is 17.5. The van der Waals surface area contributed by atoms with Crippen LogP contribution in [-0.4, -0.2) is 43.2 Å². The normalized spacial score (nSPS) is 12.7. The Labute approximate surface area is 189 Å². The van der Waals surface area contributed by atoms with E-state index >= 15 is 0 Å². The fraction of sp³-hybridized carbons (Fsp3) is 0.130. The van der Waals surface area contributed by atoms with Crippen molar-refractivity contribution in [3.63, 3.8) is 0 Å². The van der Waals surface area contributed by atoms with Gasteiger partial charge >= 0.3 is 0 Å². The van der Waals surface area contributed by atoms with Crippen molar-refractivity contribution >= 4 is 17.5 Å². The molecule has 6 N–H and O–H groups in total. The first-order valence-corrected chi connectivity index (χ1v) is 9.63. The maximum atomic E-state index is 12.6. The van der Waals surface area contributed by atoms with Crippen LogP contribution in [0.5, 0.6) is 0 Å². The summed E-state index contributed by atoms with van der Waals surface area (Å²) in [5, 5.41) is 29.4. The van der Waals surface area contributed by atoms with Gasteiger partial charge in [0.25, 0.3) is 11.8 Å². The van der Waals surface area contributed by atoms with E-state index < -0.39 is 23.6 Å². The highest BCUT2D eigenvalue weighted by molar-refractivity contribution is 5.97. The molecule has 0 aliphatic rings. The molecule has 10 nitrogen and oxygen atoms in total. The highest BCUT2D eigenvalue weighted by atomic mass is 16.5. The van der Waals surface area contributed by atoms with Crippen LogP contribution in [0.15, 0.2) is 60.9 Å². The van der Waals surface area contributed by atoms with Crippen molar-refractivity contribution in [1.29, 1.82) is 0 Å². The third-order valence-corrected chi connectivity index (χ3v) is 4.61. The summed E-state index contributed by atoms with van der Waals surface area (Å²) in [5.41, 5.74) is 7.32. The summed E-state index contributed by atoms with van der Waals surface area (Å²) < 4.78 is 0.983. The number of nitrogens with two attached hydrogens (primary N) is 1. The summed E-state index contributed by atoms with van der Waals surface area (Å²) in [4.78, 5) is 24.8. The van der Waals surface area contributed by atoms with Crippen LogP contribution in [0.1, 0.15) is 28.4 Å². The Balaban J connectivity index is 1.70. The van der Waals surface area contributed by atoms with Gasteiger partial charge in [0.15, 0.2) is 11.8 Å². The number of nitrogens with zero attached hydrogens (tertiary/aromatic N) is 3. The zero-order valence-electron chi connectivity index (χ0n) is 17.5. The standard InChI is InChI=1S/C23H20N6O4/c1-23(32,29-15-14-25-28-29)20(22(31)27-33)26-21(30)18-10-6-16(7-11-18)4-2-3-5-17-8-12-19(24)13-9-17/h6-15,20,32-33H,24H2,1H3,(H,26,30)(H,27,31)/t20-,23?/m1/s1. The molecular formula is C23H20N6O4. The van der Waals surface area contributed by atoms with Gasteiger partial charge in [-0.25, -0.2) is 10.2 Å². The number of rotatable bonds is 5. The number of anilines is 1. The van der Waals surface area contributed by atoms with Gasteiger partial charge in [0.1, 0.15) is 0 Å². The number of nitrogen functional groups attached to an aromatic ring is 1. The van der Waals surface area contributed by atoms with E-state index in [-0.39, 0.29) is 5.56 Å². The molecule has 10 heteroatoms. The molecule has 0 aliphatic carbocycles. The molecule has 0 saturated heterocycles. The molecule has 166 valence electrons. The molecule has 1 aromatic heterocycles. The molecule has 0 radical (unpaired) electrons. The minimum Gasteiger partial charge on any atom is -0.399 e. The molecule has 1 heterocycles. The number of aromatic nitrogens is 3. The first-order chi connectivity index (χ1) is 15.8. The third kappa shape index (κ3) is 5.74. The van der Waals surface area contributed by atoms with Crippen molar-refractivity contribution in [2.75, 3.05) is 5.73 Å². The lowest BCUT2D eigenvalue weighted by Gasteiger charge is -2.31. The Morgan fingerprint density at radius 1 is 1.06 bits per heavy atom. The second-order valence-corrected chi connectivity index (χ2v) is 7.02. The number of carbonyl (C=O) groups excluding carboxylic acids is 2. The minimum absolute atomic E-state index is 0.207. The van der Waals surface area contributed by atoms with Gasteiger partial charge in [-0.3, -0.25) is 14.8 Å². The number of hydrogen-bond donors (Lipinski definition) is 5. The van der Waals surface area contributed by atoms with Crippen LogP contribution >= 0.6 is 0 Å². The molecule has 3 rings (SSSR count).